The number of nitrogens with one attached hydrogen (secondary N) is 2. The van der Waals surface area contributed by atoms with Crippen LogP contribution in [0.2, 0.25) is 0 Å². The smallest absolute Gasteiger partial charge is 0.242 e. The number of para-hydroxylation sites is 1. The van der Waals surface area contributed by atoms with Crippen molar-refractivity contribution >= 4 is 27.1 Å². The average molecular weight is 282 g/mol. The zero-order chi connectivity index (χ0) is 14.0. The largest absolute Gasteiger partial charge is 0.383 e. The van der Waals surface area contributed by atoms with E-state index >= 15 is 0 Å². The molecule has 0 saturated carbocycles. The molecule has 1 unspecified atom stereocenters. The number of benzene rings is 1. The Bertz CT molecular complexity index is 596. The fourth-order valence-electron chi connectivity index (χ4n) is 2.04. The summed E-state index contributed by atoms with van der Waals surface area (Å²) in [6, 6.07) is 5.66. The zero-order valence-corrected chi connectivity index (χ0v) is 11.9. The fraction of sp³-hybridized carbons (Fsp3) is 0.462. The Morgan fingerprint density at radius 3 is 2.84 bits per heavy atom. The number of hydrogen-bond acceptors (Lipinski definition) is 4. The standard InChI is InChI=1S/C13H18N2O3S/c1-9(19(2,17)18)13(16)15-11-7-3-5-10-6-4-8-14-12(10)11/h3,5,7,9,14H,4,6,8H2,1-2H3,(H,15,16). The van der Waals surface area contributed by atoms with E-state index < -0.39 is 21.0 Å². The van der Waals surface area contributed by atoms with Crippen molar-refractivity contribution in [2.75, 3.05) is 23.4 Å². The van der Waals surface area contributed by atoms with Gasteiger partial charge < -0.3 is 10.6 Å². The molecule has 1 aliphatic rings. The van der Waals surface area contributed by atoms with Crippen LogP contribution < -0.4 is 10.6 Å². The second-order valence-electron chi connectivity index (χ2n) is 4.83. The molecule has 2 rings (SSSR count). The zero-order valence-electron chi connectivity index (χ0n) is 11.1. The van der Waals surface area contributed by atoms with E-state index in [4.69, 9.17) is 0 Å². The Kier molecular flexibility index (Phi) is 3.80. The van der Waals surface area contributed by atoms with Crippen LogP contribution in [0, 0.1) is 0 Å². The van der Waals surface area contributed by atoms with E-state index in [0.717, 1.165) is 36.9 Å². The molecule has 0 fully saturated rings. The first-order valence-corrected chi connectivity index (χ1v) is 8.20. The number of fused-ring (bicyclic) bond motifs is 1. The van der Waals surface area contributed by atoms with Gasteiger partial charge in [0.2, 0.25) is 5.91 Å². The number of amides is 1. The SMILES string of the molecule is CC(C(=O)Nc1cccc2c1NCCC2)S(C)(=O)=O. The molecule has 1 amide bonds. The number of carbonyl (C=O) groups excluding carboxylic acids is 1. The number of anilines is 2. The summed E-state index contributed by atoms with van der Waals surface area (Å²) in [6.45, 7) is 2.26. The van der Waals surface area contributed by atoms with Crippen LogP contribution in [0.1, 0.15) is 18.9 Å². The first kappa shape index (κ1) is 13.9. The molecule has 1 atom stereocenters. The molecular formula is C13H18N2O3S. The van der Waals surface area contributed by atoms with E-state index in [9.17, 15) is 13.2 Å². The lowest BCUT2D eigenvalue weighted by Gasteiger charge is -2.22. The third kappa shape index (κ3) is 3.07. The summed E-state index contributed by atoms with van der Waals surface area (Å²) >= 11 is 0. The second kappa shape index (κ2) is 5.21. The van der Waals surface area contributed by atoms with E-state index in [-0.39, 0.29) is 0 Å². The molecule has 1 aromatic rings. The van der Waals surface area contributed by atoms with Crippen LogP contribution in [0.5, 0.6) is 0 Å². The van der Waals surface area contributed by atoms with Crippen molar-refractivity contribution in [3.63, 3.8) is 0 Å². The van der Waals surface area contributed by atoms with Crippen LogP contribution in [-0.4, -0.2) is 32.4 Å². The van der Waals surface area contributed by atoms with E-state index in [0.29, 0.717) is 5.69 Å². The maximum atomic E-state index is 11.9. The minimum Gasteiger partial charge on any atom is -0.383 e. The van der Waals surface area contributed by atoms with Crippen molar-refractivity contribution in [2.24, 2.45) is 0 Å². The van der Waals surface area contributed by atoms with Crippen LogP contribution in [0.4, 0.5) is 11.4 Å². The summed E-state index contributed by atoms with van der Waals surface area (Å²) in [6.07, 6.45) is 3.09. The molecule has 0 aromatic heterocycles. The van der Waals surface area contributed by atoms with Gasteiger partial charge in [0.25, 0.3) is 0 Å². The average Bonchev–Trinajstić information content (AvgIpc) is 2.37. The van der Waals surface area contributed by atoms with Crippen LogP contribution in [0.25, 0.3) is 0 Å². The predicted molar refractivity (Wildman–Crippen MR) is 76.2 cm³/mol. The Morgan fingerprint density at radius 1 is 1.42 bits per heavy atom. The molecule has 2 N–H and O–H groups in total. The van der Waals surface area contributed by atoms with Crippen molar-refractivity contribution in [1.29, 1.82) is 0 Å². The third-order valence-corrected chi connectivity index (χ3v) is 4.84. The van der Waals surface area contributed by atoms with Crippen LogP contribution in [0.15, 0.2) is 18.2 Å². The number of hydrogen-bond donors (Lipinski definition) is 2. The van der Waals surface area contributed by atoms with Gasteiger partial charge in [-0.1, -0.05) is 12.1 Å². The monoisotopic (exact) mass is 282 g/mol. The maximum Gasteiger partial charge on any atom is 0.242 e. The molecule has 5 nitrogen and oxygen atoms in total. The number of carbonyl (C=O) groups is 1. The molecule has 0 aliphatic carbocycles. The van der Waals surface area contributed by atoms with Gasteiger partial charge in [0.05, 0.1) is 11.4 Å². The first-order valence-electron chi connectivity index (χ1n) is 6.25. The molecular weight excluding hydrogens is 264 g/mol. The van der Waals surface area contributed by atoms with Gasteiger partial charge in [-0.3, -0.25) is 4.79 Å². The highest BCUT2D eigenvalue weighted by Crippen LogP contribution is 2.30. The molecule has 0 bridgehead atoms. The van der Waals surface area contributed by atoms with Gasteiger partial charge in [0.15, 0.2) is 9.84 Å². The van der Waals surface area contributed by atoms with Gasteiger partial charge in [-0.25, -0.2) is 8.42 Å². The molecule has 6 heteroatoms. The normalized spacial score (nSPS) is 16.1. The summed E-state index contributed by atoms with van der Waals surface area (Å²) in [4.78, 5) is 11.9. The summed E-state index contributed by atoms with van der Waals surface area (Å²) in [7, 11) is -3.38. The number of aryl methyl sites for hydroxylation is 1. The van der Waals surface area contributed by atoms with E-state index in [2.05, 4.69) is 10.6 Å². The van der Waals surface area contributed by atoms with E-state index in [1.54, 1.807) is 6.07 Å². The van der Waals surface area contributed by atoms with Gasteiger partial charge in [-0.15, -0.1) is 0 Å². The highest BCUT2D eigenvalue weighted by molar-refractivity contribution is 7.92. The summed E-state index contributed by atoms with van der Waals surface area (Å²) in [5, 5.41) is 4.90. The Hall–Kier alpha value is -1.56. The molecule has 104 valence electrons. The highest BCUT2D eigenvalue weighted by Gasteiger charge is 2.24. The minimum atomic E-state index is -3.38. The Balaban J connectivity index is 2.23. The maximum absolute atomic E-state index is 11.9. The lowest BCUT2D eigenvalue weighted by molar-refractivity contribution is -0.115. The van der Waals surface area contributed by atoms with Gasteiger partial charge in [0, 0.05) is 12.8 Å². The van der Waals surface area contributed by atoms with Crippen molar-refractivity contribution in [2.45, 2.75) is 25.0 Å². The van der Waals surface area contributed by atoms with Gasteiger partial charge in [-0.2, -0.15) is 0 Å². The van der Waals surface area contributed by atoms with Crippen molar-refractivity contribution in [3.05, 3.63) is 23.8 Å². The van der Waals surface area contributed by atoms with Gasteiger partial charge in [0.1, 0.15) is 5.25 Å². The molecule has 0 radical (unpaired) electrons. The summed E-state index contributed by atoms with van der Waals surface area (Å²) < 4.78 is 22.8. The van der Waals surface area contributed by atoms with E-state index in [1.165, 1.54) is 6.92 Å². The van der Waals surface area contributed by atoms with Crippen LogP contribution >= 0.6 is 0 Å². The van der Waals surface area contributed by atoms with Crippen molar-refractivity contribution < 1.29 is 13.2 Å². The fourth-order valence-corrected chi connectivity index (χ4v) is 2.49. The molecule has 1 heterocycles. The molecule has 1 aliphatic heterocycles. The third-order valence-electron chi connectivity index (χ3n) is 3.34. The van der Waals surface area contributed by atoms with Crippen molar-refractivity contribution in [1.82, 2.24) is 0 Å². The summed E-state index contributed by atoms with van der Waals surface area (Å²) in [5.41, 5.74) is 2.71. The topological polar surface area (TPSA) is 75.3 Å². The Morgan fingerprint density at radius 2 is 2.16 bits per heavy atom. The minimum absolute atomic E-state index is 0.497. The molecule has 1 aromatic carbocycles. The first-order chi connectivity index (χ1) is 8.89. The van der Waals surface area contributed by atoms with Crippen LogP contribution in [-0.2, 0) is 21.1 Å². The van der Waals surface area contributed by atoms with Gasteiger partial charge >= 0.3 is 0 Å². The Labute approximate surface area is 113 Å². The predicted octanol–water partition coefficient (Wildman–Crippen LogP) is 1.42. The number of rotatable bonds is 3. The number of sulfone groups is 1. The molecule has 0 spiro atoms. The van der Waals surface area contributed by atoms with Crippen LogP contribution in [0.3, 0.4) is 0 Å². The van der Waals surface area contributed by atoms with Crippen molar-refractivity contribution in [3.8, 4) is 0 Å². The van der Waals surface area contributed by atoms with Gasteiger partial charge in [-0.05, 0) is 31.4 Å². The second-order valence-corrected chi connectivity index (χ2v) is 7.20. The summed E-state index contributed by atoms with van der Waals surface area (Å²) in [5.74, 6) is -0.497. The highest BCUT2D eigenvalue weighted by atomic mass is 32.2. The molecule has 19 heavy (non-hydrogen) atoms. The lowest BCUT2D eigenvalue weighted by Crippen LogP contribution is -2.32. The van der Waals surface area contributed by atoms with E-state index in [1.807, 2.05) is 12.1 Å². The quantitative estimate of drug-likeness (QED) is 0.879. The lowest BCUT2D eigenvalue weighted by atomic mass is 10.0. The molecule has 0 saturated heterocycles.